The average molecular weight is 283 g/mol. The minimum absolute atomic E-state index is 0.0369. The van der Waals surface area contributed by atoms with Crippen molar-refractivity contribution in [3.8, 4) is 5.75 Å². The van der Waals surface area contributed by atoms with Crippen LogP contribution in [-0.4, -0.2) is 24.1 Å². The first-order valence-electron chi connectivity index (χ1n) is 6.43. The van der Waals surface area contributed by atoms with Crippen LogP contribution in [-0.2, 0) is 6.54 Å². The van der Waals surface area contributed by atoms with Crippen molar-refractivity contribution in [1.29, 1.82) is 0 Å². The number of methoxy groups -OCH3 is 1. The van der Waals surface area contributed by atoms with Crippen molar-refractivity contribution in [2.75, 3.05) is 12.0 Å². The number of rotatable bonds is 3. The van der Waals surface area contributed by atoms with Crippen molar-refractivity contribution < 1.29 is 19.4 Å². The molecular formula is C16H13NO4. The fourth-order valence-corrected chi connectivity index (χ4v) is 2.59. The van der Waals surface area contributed by atoms with E-state index in [0.717, 1.165) is 0 Å². The third kappa shape index (κ3) is 2.03. The molecule has 0 spiro atoms. The second kappa shape index (κ2) is 4.94. The molecule has 5 heteroatoms. The summed E-state index contributed by atoms with van der Waals surface area (Å²) in [4.78, 5) is 25.4. The number of hydrogen-bond donors (Lipinski definition) is 1. The van der Waals surface area contributed by atoms with Gasteiger partial charge in [-0.15, -0.1) is 0 Å². The molecule has 0 bridgehead atoms. The molecule has 0 fully saturated rings. The van der Waals surface area contributed by atoms with Crippen LogP contribution in [0.1, 0.15) is 26.3 Å². The Labute approximate surface area is 121 Å². The molecular weight excluding hydrogens is 270 g/mol. The topological polar surface area (TPSA) is 66.8 Å². The first-order valence-corrected chi connectivity index (χ1v) is 6.43. The highest BCUT2D eigenvalue weighted by Gasteiger charge is 2.33. The molecule has 0 saturated heterocycles. The summed E-state index contributed by atoms with van der Waals surface area (Å²) >= 11 is 0. The second-order valence-corrected chi connectivity index (χ2v) is 4.71. The van der Waals surface area contributed by atoms with Crippen molar-refractivity contribution in [3.05, 3.63) is 59.2 Å². The number of aromatic carboxylic acids is 1. The van der Waals surface area contributed by atoms with Gasteiger partial charge in [-0.2, -0.15) is 0 Å². The van der Waals surface area contributed by atoms with Crippen molar-refractivity contribution in [2.45, 2.75) is 6.54 Å². The number of carbonyl (C=O) groups excluding carboxylic acids is 1. The van der Waals surface area contributed by atoms with E-state index in [1.54, 1.807) is 24.3 Å². The van der Waals surface area contributed by atoms with Crippen LogP contribution in [0, 0.1) is 0 Å². The number of fused-ring (bicyclic) bond motifs is 1. The van der Waals surface area contributed by atoms with Gasteiger partial charge in [0.25, 0.3) is 5.91 Å². The minimum atomic E-state index is -1.10. The Morgan fingerprint density at radius 3 is 2.67 bits per heavy atom. The molecule has 1 aliphatic rings. The number of carbonyl (C=O) groups is 2. The van der Waals surface area contributed by atoms with Gasteiger partial charge in [0.05, 0.1) is 30.5 Å². The van der Waals surface area contributed by atoms with E-state index in [4.69, 9.17) is 4.74 Å². The van der Waals surface area contributed by atoms with Gasteiger partial charge in [-0.1, -0.05) is 24.3 Å². The number of carboxylic acid groups (broad SMARTS) is 1. The van der Waals surface area contributed by atoms with E-state index in [1.165, 1.54) is 18.1 Å². The number of hydrogen-bond acceptors (Lipinski definition) is 3. The van der Waals surface area contributed by atoms with Crippen LogP contribution in [0.15, 0.2) is 42.5 Å². The second-order valence-electron chi connectivity index (χ2n) is 4.71. The van der Waals surface area contributed by atoms with Crippen molar-refractivity contribution in [3.63, 3.8) is 0 Å². The zero-order valence-electron chi connectivity index (χ0n) is 11.4. The summed E-state index contributed by atoms with van der Waals surface area (Å²) in [5.41, 5.74) is 1.65. The Hall–Kier alpha value is -2.82. The fraction of sp³-hybridized carbons (Fsp3) is 0.125. The summed E-state index contributed by atoms with van der Waals surface area (Å²) in [5.74, 6) is -0.829. The van der Waals surface area contributed by atoms with Crippen LogP contribution in [0.25, 0.3) is 0 Å². The lowest BCUT2D eigenvalue weighted by Gasteiger charge is -2.18. The summed E-state index contributed by atoms with van der Waals surface area (Å²) in [7, 11) is 1.54. The normalized spacial score (nSPS) is 13.2. The number of carboxylic acids is 1. The Bertz CT molecular complexity index is 739. The van der Waals surface area contributed by atoms with E-state index in [2.05, 4.69) is 0 Å². The largest absolute Gasteiger partial charge is 0.495 e. The summed E-state index contributed by atoms with van der Waals surface area (Å²) < 4.78 is 5.27. The van der Waals surface area contributed by atoms with Crippen LogP contribution in [0.4, 0.5) is 5.69 Å². The number of nitrogens with zero attached hydrogens (tertiary/aromatic N) is 1. The molecule has 1 heterocycles. The monoisotopic (exact) mass is 283 g/mol. The molecule has 0 saturated carbocycles. The first kappa shape index (κ1) is 13.2. The molecule has 0 atom stereocenters. The van der Waals surface area contributed by atoms with Crippen LogP contribution in [0.2, 0.25) is 0 Å². The van der Waals surface area contributed by atoms with Gasteiger partial charge in [0.2, 0.25) is 0 Å². The molecule has 3 rings (SSSR count). The van der Waals surface area contributed by atoms with Crippen LogP contribution in [0.3, 0.4) is 0 Å². The molecule has 1 aliphatic heterocycles. The quantitative estimate of drug-likeness (QED) is 0.940. The van der Waals surface area contributed by atoms with Gasteiger partial charge < -0.3 is 14.7 Å². The number of ether oxygens (including phenoxy) is 1. The van der Waals surface area contributed by atoms with Gasteiger partial charge >= 0.3 is 5.97 Å². The zero-order chi connectivity index (χ0) is 15.0. The van der Waals surface area contributed by atoms with E-state index in [0.29, 0.717) is 23.5 Å². The molecule has 106 valence electrons. The molecule has 0 aliphatic carbocycles. The lowest BCUT2D eigenvalue weighted by atomic mass is 10.0. The Morgan fingerprint density at radius 1 is 1.19 bits per heavy atom. The van der Waals surface area contributed by atoms with Crippen LogP contribution in [0.5, 0.6) is 5.75 Å². The Kier molecular flexibility index (Phi) is 3.10. The Balaban J connectivity index is 2.09. The lowest BCUT2D eigenvalue weighted by molar-refractivity contribution is 0.0692. The molecule has 5 nitrogen and oxygen atoms in total. The molecule has 2 aromatic rings. The maximum absolute atomic E-state index is 12.6. The molecule has 2 aromatic carbocycles. The number of benzene rings is 2. The number of amides is 1. The average Bonchev–Trinajstić information content (AvgIpc) is 2.84. The van der Waals surface area contributed by atoms with Gasteiger partial charge in [-0.05, 0) is 23.8 Å². The number of anilines is 1. The van der Waals surface area contributed by atoms with Crippen molar-refractivity contribution in [1.82, 2.24) is 0 Å². The molecule has 0 radical (unpaired) electrons. The summed E-state index contributed by atoms with van der Waals surface area (Å²) in [6, 6.07) is 12.1. The van der Waals surface area contributed by atoms with Gasteiger partial charge in [0.1, 0.15) is 5.75 Å². The molecule has 0 unspecified atom stereocenters. The summed E-state index contributed by atoms with van der Waals surface area (Å²) in [6.45, 7) is 0.343. The van der Waals surface area contributed by atoms with Crippen LogP contribution < -0.4 is 9.64 Å². The van der Waals surface area contributed by atoms with E-state index in [9.17, 15) is 14.7 Å². The molecule has 1 amide bonds. The predicted octanol–water partition coefficient (Wildman–Crippen LogP) is 2.55. The predicted molar refractivity (Wildman–Crippen MR) is 76.9 cm³/mol. The SMILES string of the molecule is COc1ccccc1N1Cc2cccc(C(=O)O)c2C1=O. The molecule has 1 N–H and O–H groups in total. The van der Waals surface area contributed by atoms with Crippen LogP contribution >= 0.6 is 0 Å². The first-order chi connectivity index (χ1) is 10.1. The summed E-state index contributed by atoms with van der Waals surface area (Å²) in [5, 5.41) is 9.23. The van der Waals surface area contributed by atoms with Crippen molar-refractivity contribution in [2.24, 2.45) is 0 Å². The highest BCUT2D eigenvalue weighted by atomic mass is 16.5. The third-order valence-electron chi connectivity index (χ3n) is 3.54. The standard InChI is InChI=1S/C16H13NO4/c1-21-13-8-3-2-7-12(13)17-9-10-5-4-6-11(16(19)20)14(10)15(17)18/h2-8H,9H2,1H3,(H,19,20). The van der Waals surface area contributed by atoms with E-state index in [1.807, 2.05) is 12.1 Å². The maximum atomic E-state index is 12.6. The van der Waals surface area contributed by atoms with E-state index >= 15 is 0 Å². The zero-order valence-corrected chi connectivity index (χ0v) is 11.4. The maximum Gasteiger partial charge on any atom is 0.336 e. The molecule has 21 heavy (non-hydrogen) atoms. The lowest BCUT2D eigenvalue weighted by Crippen LogP contribution is -2.24. The fourth-order valence-electron chi connectivity index (χ4n) is 2.59. The van der Waals surface area contributed by atoms with Gasteiger partial charge in [-0.25, -0.2) is 4.79 Å². The molecule has 0 aromatic heterocycles. The highest BCUT2D eigenvalue weighted by Crippen LogP contribution is 2.35. The third-order valence-corrected chi connectivity index (χ3v) is 3.54. The van der Waals surface area contributed by atoms with Gasteiger partial charge in [0, 0.05) is 0 Å². The van der Waals surface area contributed by atoms with Crippen molar-refractivity contribution >= 4 is 17.6 Å². The van der Waals surface area contributed by atoms with Gasteiger partial charge in [0.15, 0.2) is 0 Å². The minimum Gasteiger partial charge on any atom is -0.495 e. The Morgan fingerprint density at radius 2 is 1.95 bits per heavy atom. The van der Waals surface area contributed by atoms with E-state index < -0.39 is 5.97 Å². The summed E-state index contributed by atoms with van der Waals surface area (Å²) in [6.07, 6.45) is 0. The number of para-hydroxylation sites is 2. The smallest absolute Gasteiger partial charge is 0.336 e. The van der Waals surface area contributed by atoms with Gasteiger partial charge in [-0.3, -0.25) is 4.79 Å². The highest BCUT2D eigenvalue weighted by molar-refractivity contribution is 6.15. The van der Waals surface area contributed by atoms with E-state index in [-0.39, 0.29) is 17.0 Å².